The van der Waals surface area contributed by atoms with Crippen LogP contribution >= 0.6 is 11.3 Å². The molecular formula is C22H17F3N2O3S. The second-order valence-electron chi connectivity index (χ2n) is 6.58. The van der Waals surface area contributed by atoms with Gasteiger partial charge in [-0.25, -0.2) is 4.98 Å². The van der Waals surface area contributed by atoms with Gasteiger partial charge in [0.15, 0.2) is 5.13 Å². The SMILES string of the molecule is CCOc1cccc2sc(N(Cc3ccco3)C(=O)c3cccc(C(F)(F)F)c3)nc12. The number of benzene rings is 2. The Morgan fingerprint density at radius 3 is 2.68 bits per heavy atom. The molecule has 0 N–H and O–H groups in total. The van der Waals surface area contributed by atoms with Gasteiger partial charge in [-0.3, -0.25) is 9.69 Å². The number of fused-ring (bicyclic) bond motifs is 1. The predicted octanol–water partition coefficient (Wildman–Crippen LogP) is 6.15. The Bertz CT molecular complexity index is 1200. The largest absolute Gasteiger partial charge is 0.492 e. The van der Waals surface area contributed by atoms with Gasteiger partial charge in [-0.1, -0.05) is 23.5 Å². The topological polar surface area (TPSA) is 55.6 Å². The van der Waals surface area contributed by atoms with E-state index in [0.717, 1.165) is 16.8 Å². The zero-order valence-corrected chi connectivity index (χ0v) is 17.2. The number of halogens is 3. The van der Waals surface area contributed by atoms with E-state index in [4.69, 9.17) is 9.15 Å². The fourth-order valence-corrected chi connectivity index (χ4v) is 4.05. The van der Waals surface area contributed by atoms with Crippen molar-refractivity contribution in [1.29, 1.82) is 0 Å². The predicted molar refractivity (Wildman–Crippen MR) is 111 cm³/mol. The molecule has 0 bridgehead atoms. The lowest BCUT2D eigenvalue weighted by atomic mass is 10.1. The smallest absolute Gasteiger partial charge is 0.416 e. The third kappa shape index (κ3) is 4.41. The summed E-state index contributed by atoms with van der Waals surface area (Å²) in [6.07, 6.45) is -3.09. The summed E-state index contributed by atoms with van der Waals surface area (Å²) >= 11 is 1.25. The molecule has 0 atom stereocenters. The third-order valence-corrected chi connectivity index (χ3v) is 5.52. The number of amides is 1. The van der Waals surface area contributed by atoms with Crippen molar-refractivity contribution >= 4 is 32.6 Å². The molecule has 0 saturated heterocycles. The Morgan fingerprint density at radius 1 is 1.16 bits per heavy atom. The average molecular weight is 446 g/mol. The van der Waals surface area contributed by atoms with E-state index in [-0.39, 0.29) is 12.1 Å². The summed E-state index contributed by atoms with van der Waals surface area (Å²) in [5.41, 5.74) is -0.393. The Labute approximate surface area is 179 Å². The molecule has 1 amide bonds. The van der Waals surface area contributed by atoms with E-state index in [9.17, 15) is 18.0 Å². The van der Waals surface area contributed by atoms with Crippen molar-refractivity contribution in [2.45, 2.75) is 19.6 Å². The van der Waals surface area contributed by atoms with Crippen LogP contribution in [0, 0.1) is 0 Å². The number of carbonyl (C=O) groups is 1. The number of nitrogens with zero attached hydrogens (tertiary/aromatic N) is 2. The van der Waals surface area contributed by atoms with Crippen LogP contribution in [0.25, 0.3) is 10.2 Å². The number of thiazole rings is 1. The van der Waals surface area contributed by atoms with Gasteiger partial charge < -0.3 is 9.15 Å². The van der Waals surface area contributed by atoms with Crippen LogP contribution < -0.4 is 9.64 Å². The fraction of sp³-hybridized carbons (Fsp3) is 0.182. The Balaban J connectivity index is 1.77. The summed E-state index contributed by atoms with van der Waals surface area (Å²) in [5, 5.41) is 0.334. The highest BCUT2D eigenvalue weighted by molar-refractivity contribution is 7.22. The number of alkyl halides is 3. The summed E-state index contributed by atoms with van der Waals surface area (Å²) in [6.45, 7) is 2.32. The maximum Gasteiger partial charge on any atom is 0.416 e. The second-order valence-corrected chi connectivity index (χ2v) is 7.59. The van der Waals surface area contributed by atoms with E-state index in [0.29, 0.717) is 28.8 Å². The molecule has 0 aliphatic heterocycles. The molecule has 160 valence electrons. The van der Waals surface area contributed by atoms with Gasteiger partial charge in [0.05, 0.1) is 29.7 Å². The maximum atomic E-state index is 13.3. The molecule has 0 aliphatic rings. The van der Waals surface area contributed by atoms with Crippen LogP contribution in [-0.2, 0) is 12.7 Å². The first-order chi connectivity index (χ1) is 14.9. The molecule has 5 nitrogen and oxygen atoms in total. The molecule has 2 aromatic heterocycles. The second kappa shape index (κ2) is 8.43. The van der Waals surface area contributed by atoms with Crippen LogP contribution in [0.4, 0.5) is 18.3 Å². The molecule has 4 rings (SSSR count). The minimum Gasteiger partial charge on any atom is -0.492 e. The number of hydrogen-bond acceptors (Lipinski definition) is 5. The quantitative estimate of drug-likeness (QED) is 0.356. The van der Waals surface area contributed by atoms with Gasteiger partial charge in [0, 0.05) is 5.56 Å². The summed E-state index contributed by atoms with van der Waals surface area (Å²) in [5.74, 6) is 0.441. The number of anilines is 1. The molecule has 0 saturated carbocycles. The highest BCUT2D eigenvalue weighted by Gasteiger charge is 2.32. The van der Waals surface area contributed by atoms with Gasteiger partial charge in [0.1, 0.15) is 17.0 Å². The molecule has 2 aromatic carbocycles. The van der Waals surface area contributed by atoms with Gasteiger partial charge in [0.25, 0.3) is 5.91 Å². The zero-order valence-electron chi connectivity index (χ0n) is 16.3. The number of aromatic nitrogens is 1. The normalized spacial score (nSPS) is 11.6. The highest BCUT2D eigenvalue weighted by atomic mass is 32.1. The Hall–Kier alpha value is -3.33. The summed E-state index contributed by atoms with van der Waals surface area (Å²) < 4.78 is 51.2. The Kier molecular flexibility index (Phi) is 5.69. The molecular weight excluding hydrogens is 429 g/mol. The van der Waals surface area contributed by atoms with Crippen molar-refractivity contribution in [2.75, 3.05) is 11.5 Å². The zero-order chi connectivity index (χ0) is 22.0. The molecule has 0 unspecified atom stereocenters. The minimum absolute atomic E-state index is 0.0197. The number of para-hydroxylation sites is 1. The number of furan rings is 1. The van der Waals surface area contributed by atoms with Crippen LogP contribution in [0.15, 0.2) is 65.3 Å². The summed E-state index contributed by atoms with van der Waals surface area (Å²) in [7, 11) is 0. The monoisotopic (exact) mass is 446 g/mol. The molecule has 0 aliphatic carbocycles. The lowest BCUT2D eigenvalue weighted by Crippen LogP contribution is -2.30. The van der Waals surface area contributed by atoms with Crippen molar-refractivity contribution in [1.82, 2.24) is 4.98 Å². The van der Waals surface area contributed by atoms with Crippen molar-refractivity contribution in [3.63, 3.8) is 0 Å². The summed E-state index contributed by atoms with van der Waals surface area (Å²) in [6, 6.07) is 13.1. The van der Waals surface area contributed by atoms with E-state index < -0.39 is 17.6 Å². The number of hydrogen-bond donors (Lipinski definition) is 0. The Morgan fingerprint density at radius 2 is 1.97 bits per heavy atom. The lowest BCUT2D eigenvalue weighted by molar-refractivity contribution is -0.137. The van der Waals surface area contributed by atoms with Crippen molar-refractivity contribution in [3.8, 4) is 5.75 Å². The molecule has 0 fully saturated rings. The van der Waals surface area contributed by atoms with E-state index in [1.807, 2.05) is 19.1 Å². The standard InChI is InChI=1S/C22H17F3N2O3S/c1-2-29-17-9-4-10-18-19(17)26-21(31-18)27(13-16-8-5-11-30-16)20(28)14-6-3-7-15(12-14)22(23,24)25/h3-12H,2,13H2,1H3. The van der Waals surface area contributed by atoms with Crippen molar-refractivity contribution < 1.29 is 27.1 Å². The van der Waals surface area contributed by atoms with Crippen LogP contribution in [-0.4, -0.2) is 17.5 Å². The highest BCUT2D eigenvalue weighted by Crippen LogP contribution is 2.36. The van der Waals surface area contributed by atoms with Gasteiger partial charge in [-0.15, -0.1) is 0 Å². The first-order valence-electron chi connectivity index (χ1n) is 9.40. The number of ether oxygens (including phenoxy) is 1. The molecule has 9 heteroatoms. The number of carbonyl (C=O) groups excluding carboxylic acids is 1. The van der Waals surface area contributed by atoms with E-state index in [1.165, 1.54) is 34.6 Å². The first kappa shape index (κ1) is 20.9. The molecule has 31 heavy (non-hydrogen) atoms. The fourth-order valence-electron chi connectivity index (χ4n) is 3.07. The van der Waals surface area contributed by atoms with Crippen molar-refractivity contribution in [2.24, 2.45) is 0 Å². The van der Waals surface area contributed by atoms with E-state index in [2.05, 4.69) is 4.98 Å². The third-order valence-electron chi connectivity index (χ3n) is 4.48. The van der Waals surface area contributed by atoms with Gasteiger partial charge >= 0.3 is 6.18 Å². The van der Waals surface area contributed by atoms with Crippen LogP contribution in [0.5, 0.6) is 5.75 Å². The van der Waals surface area contributed by atoms with Gasteiger partial charge in [-0.05, 0) is 49.4 Å². The minimum atomic E-state index is -4.55. The molecule has 4 aromatic rings. The molecule has 0 radical (unpaired) electrons. The van der Waals surface area contributed by atoms with Gasteiger partial charge in [0.2, 0.25) is 0 Å². The van der Waals surface area contributed by atoms with Crippen molar-refractivity contribution in [3.05, 3.63) is 77.7 Å². The first-order valence-corrected chi connectivity index (χ1v) is 10.2. The van der Waals surface area contributed by atoms with E-state index in [1.54, 1.807) is 18.2 Å². The van der Waals surface area contributed by atoms with Crippen LogP contribution in [0.3, 0.4) is 0 Å². The molecule has 0 spiro atoms. The number of rotatable bonds is 6. The van der Waals surface area contributed by atoms with Gasteiger partial charge in [-0.2, -0.15) is 13.2 Å². The maximum absolute atomic E-state index is 13.3. The molecule has 2 heterocycles. The summed E-state index contributed by atoms with van der Waals surface area (Å²) in [4.78, 5) is 19.2. The van der Waals surface area contributed by atoms with Crippen LogP contribution in [0.2, 0.25) is 0 Å². The van der Waals surface area contributed by atoms with E-state index >= 15 is 0 Å². The van der Waals surface area contributed by atoms with Crippen LogP contribution in [0.1, 0.15) is 28.6 Å². The lowest BCUT2D eigenvalue weighted by Gasteiger charge is -2.19. The average Bonchev–Trinajstić information content (AvgIpc) is 3.41.